The predicted octanol–water partition coefficient (Wildman–Crippen LogP) is 2.48. The van der Waals surface area contributed by atoms with Crippen LogP contribution in [0.3, 0.4) is 0 Å². The number of hydrogen-bond acceptors (Lipinski definition) is 5. The first-order chi connectivity index (χ1) is 12.8. The van der Waals surface area contributed by atoms with E-state index in [-0.39, 0.29) is 48.4 Å². The van der Waals surface area contributed by atoms with Gasteiger partial charge >= 0.3 is 0 Å². The molecule has 1 atom stereocenters. The Hall–Kier alpha value is -2.91. The number of hydrogen-bond donors (Lipinski definition) is 3. The second kappa shape index (κ2) is 6.07. The Morgan fingerprint density at radius 1 is 1.44 bits per heavy atom. The molecule has 0 saturated heterocycles. The lowest BCUT2D eigenvalue weighted by Crippen LogP contribution is -2.45. The van der Waals surface area contributed by atoms with Crippen molar-refractivity contribution < 1.29 is 18.0 Å². The maximum absolute atomic E-state index is 14.9. The molecule has 3 heterocycles. The van der Waals surface area contributed by atoms with E-state index in [1.807, 2.05) is 0 Å². The summed E-state index contributed by atoms with van der Waals surface area (Å²) in [5, 5.41) is 17.0. The van der Waals surface area contributed by atoms with Crippen molar-refractivity contribution >= 4 is 17.4 Å². The second-order valence-corrected chi connectivity index (χ2v) is 6.77. The molecule has 1 fully saturated rings. The molecule has 1 amide bonds. The molecule has 4 rings (SSSR count). The molecule has 0 spiro atoms. The van der Waals surface area contributed by atoms with Gasteiger partial charge in [0.2, 0.25) is 0 Å². The van der Waals surface area contributed by atoms with E-state index >= 15 is 0 Å². The van der Waals surface area contributed by atoms with Crippen molar-refractivity contribution in [3.63, 3.8) is 0 Å². The highest BCUT2D eigenvalue weighted by Gasteiger charge is 2.43. The van der Waals surface area contributed by atoms with E-state index in [9.17, 15) is 18.0 Å². The summed E-state index contributed by atoms with van der Waals surface area (Å²) in [5.41, 5.74) is 0.220. The van der Waals surface area contributed by atoms with Crippen molar-refractivity contribution in [2.24, 2.45) is 7.05 Å². The maximum atomic E-state index is 14.9. The van der Waals surface area contributed by atoms with Gasteiger partial charge in [-0.15, -0.1) is 0 Å². The lowest BCUT2D eigenvalue weighted by Gasteiger charge is -2.31. The van der Waals surface area contributed by atoms with Gasteiger partial charge in [-0.25, -0.2) is 9.37 Å². The smallest absolute Gasteiger partial charge is 0.287 e. The summed E-state index contributed by atoms with van der Waals surface area (Å²) >= 11 is 0. The topological polar surface area (TPSA) is 95.7 Å². The standard InChI is InChI=1S/C17H17F3N6O/c1-26-7-8(5-23-26)13-11-9(6-22-16(11)27)12(18)15(25-13)24-10-3-2-4-17(19,20)14(10)21/h5,7,10,21H,2-4,6H2,1H3,(H,22,27)(H,24,25). The van der Waals surface area contributed by atoms with E-state index in [1.165, 1.54) is 10.9 Å². The molecular weight excluding hydrogens is 361 g/mol. The third kappa shape index (κ3) is 2.84. The third-order valence-corrected chi connectivity index (χ3v) is 4.90. The fraction of sp³-hybridized carbons (Fsp3) is 0.412. The molecule has 3 N–H and O–H groups in total. The minimum Gasteiger partial charge on any atom is -0.359 e. The number of nitrogens with one attached hydrogen (secondary N) is 3. The number of carbonyl (C=O) groups excluding carboxylic acids is 1. The Morgan fingerprint density at radius 2 is 2.22 bits per heavy atom. The number of pyridine rings is 1. The number of alkyl halides is 2. The van der Waals surface area contributed by atoms with Crippen LogP contribution in [-0.2, 0) is 13.6 Å². The summed E-state index contributed by atoms with van der Waals surface area (Å²) in [6.07, 6.45) is 3.24. The van der Waals surface area contributed by atoms with Gasteiger partial charge in [0.25, 0.3) is 11.8 Å². The average molecular weight is 378 g/mol. The fourth-order valence-corrected chi connectivity index (χ4v) is 3.50. The molecule has 1 unspecified atom stereocenters. The molecule has 2 aromatic rings. The Balaban J connectivity index is 1.78. The van der Waals surface area contributed by atoms with Crippen LogP contribution in [-0.4, -0.2) is 38.3 Å². The molecular formula is C17H17F3N6O. The van der Waals surface area contributed by atoms with E-state index in [0.29, 0.717) is 5.56 Å². The van der Waals surface area contributed by atoms with Gasteiger partial charge in [0.1, 0.15) is 5.71 Å². The summed E-state index contributed by atoms with van der Waals surface area (Å²) < 4.78 is 44.1. The molecule has 2 aliphatic rings. The maximum Gasteiger partial charge on any atom is 0.287 e. The van der Waals surface area contributed by atoms with Crippen LogP contribution in [0.5, 0.6) is 0 Å². The van der Waals surface area contributed by atoms with Crippen molar-refractivity contribution in [2.45, 2.75) is 37.8 Å². The van der Waals surface area contributed by atoms with Gasteiger partial charge in [0.05, 0.1) is 23.5 Å². The zero-order chi connectivity index (χ0) is 19.3. The lowest BCUT2D eigenvalue weighted by molar-refractivity contribution is 0.0525. The molecule has 7 nitrogen and oxygen atoms in total. The van der Waals surface area contributed by atoms with Crippen LogP contribution in [0.4, 0.5) is 19.0 Å². The van der Waals surface area contributed by atoms with Gasteiger partial charge in [-0.1, -0.05) is 0 Å². The number of carbonyl (C=O) groups is 1. The van der Waals surface area contributed by atoms with Crippen LogP contribution >= 0.6 is 0 Å². The fourth-order valence-electron chi connectivity index (χ4n) is 3.50. The molecule has 0 radical (unpaired) electrons. The van der Waals surface area contributed by atoms with Gasteiger partial charge < -0.3 is 16.0 Å². The van der Waals surface area contributed by atoms with Crippen molar-refractivity contribution in [1.82, 2.24) is 20.1 Å². The number of anilines is 1. The van der Waals surface area contributed by atoms with Gasteiger partial charge in [-0.2, -0.15) is 13.9 Å². The van der Waals surface area contributed by atoms with E-state index in [4.69, 9.17) is 5.41 Å². The monoisotopic (exact) mass is 378 g/mol. The number of halogens is 3. The van der Waals surface area contributed by atoms with Crippen LogP contribution < -0.4 is 10.6 Å². The second-order valence-electron chi connectivity index (χ2n) is 6.77. The summed E-state index contributed by atoms with van der Waals surface area (Å²) in [4.78, 5) is 16.4. The van der Waals surface area contributed by atoms with E-state index < -0.39 is 29.4 Å². The van der Waals surface area contributed by atoms with E-state index in [1.54, 1.807) is 13.2 Å². The van der Waals surface area contributed by atoms with Crippen LogP contribution in [0.2, 0.25) is 0 Å². The lowest BCUT2D eigenvalue weighted by atomic mass is 9.90. The van der Waals surface area contributed by atoms with E-state index in [2.05, 4.69) is 20.7 Å². The minimum absolute atomic E-state index is 0.0112. The molecule has 142 valence electrons. The molecule has 27 heavy (non-hydrogen) atoms. The van der Waals surface area contributed by atoms with Gasteiger partial charge in [0, 0.05) is 37.3 Å². The molecule has 1 saturated carbocycles. The first kappa shape index (κ1) is 17.5. The van der Waals surface area contributed by atoms with Crippen LogP contribution in [0.25, 0.3) is 11.3 Å². The van der Waals surface area contributed by atoms with Crippen molar-refractivity contribution in [2.75, 3.05) is 5.32 Å². The number of amides is 1. The number of rotatable bonds is 3. The van der Waals surface area contributed by atoms with E-state index in [0.717, 1.165) is 0 Å². The Morgan fingerprint density at radius 3 is 2.93 bits per heavy atom. The Kier molecular flexibility index (Phi) is 3.93. The minimum atomic E-state index is -3.22. The predicted molar refractivity (Wildman–Crippen MR) is 91.5 cm³/mol. The molecule has 10 heteroatoms. The Bertz CT molecular complexity index is 954. The molecule has 0 bridgehead atoms. The highest BCUT2D eigenvalue weighted by molar-refractivity contribution is 6.04. The number of nitrogens with zero attached hydrogens (tertiary/aromatic N) is 3. The van der Waals surface area contributed by atoms with Gasteiger partial charge in [-0.05, 0) is 12.8 Å². The summed E-state index contributed by atoms with van der Waals surface area (Å²) in [7, 11) is 1.69. The van der Waals surface area contributed by atoms with Gasteiger partial charge in [-0.3, -0.25) is 9.48 Å². The zero-order valence-corrected chi connectivity index (χ0v) is 14.4. The largest absolute Gasteiger partial charge is 0.359 e. The summed E-state index contributed by atoms with van der Waals surface area (Å²) in [5.74, 6) is -4.67. The van der Waals surface area contributed by atoms with Crippen molar-refractivity contribution in [1.29, 1.82) is 5.41 Å². The molecule has 1 aliphatic carbocycles. The molecule has 0 aromatic carbocycles. The van der Waals surface area contributed by atoms with Crippen molar-refractivity contribution in [3.05, 3.63) is 29.3 Å². The quantitative estimate of drug-likeness (QED) is 0.765. The molecule has 1 aliphatic heterocycles. The number of aromatic nitrogens is 3. The zero-order valence-electron chi connectivity index (χ0n) is 14.4. The highest BCUT2D eigenvalue weighted by atomic mass is 19.3. The molecule has 2 aromatic heterocycles. The summed E-state index contributed by atoms with van der Waals surface area (Å²) in [6, 6.07) is -1.01. The van der Waals surface area contributed by atoms with Crippen LogP contribution in [0.1, 0.15) is 35.2 Å². The number of fused-ring (bicyclic) bond motifs is 1. The van der Waals surface area contributed by atoms with Gasteiger partial charge in [0.15, 0.2) is 11.6 Å². The first-order valence-electron chi connectivity index (χ1n) is 8.51. The summed E-state index contributed by atoms with van der Waals surface area (Å²) in [6.45, 7) is -0.0112. The highest BCUT2D eigenvalue weighted by Crippen LogP contribution is 2.35. The average Bonchev–Trinajstić information content (AvgIpc) is 3.21. The van der Waals surface area contributed by atoms with Crippen molar-refractivity contribution in [3.8, 4) is 11.3 Å². The number of aryl methyl sites for hydroxylation is 1. The third-order valence-electron chi connectivity index (χ3n) is 4.90. The first-order valence-corrected chi connectivity index (χ1v) is 8.51. The van der Waals surface area contributed by atoms with Crippen LogP contribution in [0, 0.1) is 11.2 Å². The van der Waals surface area contributed by atoms with Crippen LogP contribution in [0.15, 0.2) is 12.4 Å². The SMILES string of the molecule is Cn1cc(-c2nc(NC3CCCC(F)(F)C3=N)c(F)c3c2C(=O)NC3)cn1. The normalized spacial score (nSPS) is 21.1. The Labute approximate surface area is 152 Å².